The molecular weight excluding hydrogens is 288 g/mol. The van der Waals surface area contributed by atoms with Crippen LogP contribution in [-0.4, -0.2) is 29.6 Å². The van der Waals surface area contributed by atoms with Gasteiger partial charge in [0, 0.05) is 25.0 Å². The molecule has 1 aliphatic carbocycles. The van der Waals surface area contributed by atoms with E-state index in [2.05, 4.69) is 5.16 Å². The molecule has 22 heavy (non-hydrogen) atoms. The van der Waals surface area contributed by atoms with Gasteiger partial charge in [-0.05, 0) is 18.4 Å². The van der Waals surface area contributed by atoms with Crippen LogP contribution in [0.5, 0.6) is 0 Å². The van der Waals surface area contributed by atoms with Crippen LogP contribution in [-0.2, 0) is 20.9 Å². The molecule has 1 heterocycles. The number of hydrogen-bond donors (Lipinski definition) is 0. The summed E-state index contributed by atoms with van der Waals surface area (Å²) in [6, 6.07) is 6.38. The summed E-state index contributed by atoms with van der Waals surface area (Å²) in [5, 5.41) is 14.9. The Labute approximate surface area is 128 Å². The molecule has 1 aromatic rings. The first-order valence-electron chi connectivity index (χ1n) is 7.36. The largest absolute Gasteiger partial charge is 0.391 e. The van der Waals surface area contributed by atoms with Crippen LogP contribution in [0.15, 0.2) is 29.4 Å². The zero-order chi connectivity index (χ0) is 15.4. The number of rotatable bonds is 4. The van der Waals surface area contributed by atoms with Crippen molar-refractivity contribution in [3.63, 3.8) is 0 Å². The molecule has 7 heteroatoms. The highest BCUT2D eigenvalue weighted by Crippen LogP contribution is 2.34. The lowest BCUT2D eigenvalue weighted by atomic mass is 9.92. The standard InChI is InChI=1S/C15H18N2O5/c18-17(19)14-3-1-2-12(10-14)11-22-16-13-4-6-15(7-5-13)20-8-9-21-15/h1-3,10H,4-9,11H2. The van der Waals surface area contributed by atoms with Gasteiger partial charge in [-0.15, -0.1) is 0 Å². The average molecular weight is 306 g/mol. The Balaban J connectivity index is 1.50. The summed E-state index contributed by atoms with van der Waals surface area (Å²) < 4.78 is 11.3. The maximum absolute atomic E-state index is 10.7. The van der Waals surface area contributed by atoms with Crippen LogP contribution in [0.3, 0.4) is 0 Å². The van der Waals surface area contributed by atoms with E-state index in [-0.39, 0.29) is 12.3 Å². The Hall–Kier alpha value is -1.99. The van der Waals surface area contributed by atoms with E-state index in [0.717, 1.165) is 37.0 Å². The molecule has 0 amide bonds. The summed E-state index contributed by atoms with van der Waals surface area (Å²) in [7, 11) is 0. The Bertz CT molecular complexity index is 569. The highest BCUT2D eigenvalue weighted by molar-refractivity contribution is 5.84. The Kier molecular flexibility index (Phi) is 4.35. The van der Waals surface area contributed by atoms with E-state index in [1.165, 1.54) is 12.1 Å². The van der Waals surface area contributed by atoms with Crippen molar-refractivity contribution in [2.45, 2.75) is 38.1 Å². The van der Waals surface area contributed by atoms with E-state index < -0.39 is 10.7 Å². The van der Waals surface area contributed by atoms with Gasteiger partial charge in [-0.3, -0.25) is 10.1 Å². The molecule has 2 aliphatic rings. The van der Waals surface area contributed by atoms with Crippen LogP contribution in [0.1, 0.15) is 31.2 Å². The maximum Gasteiger partial charge on any atom is 0.269 e. The van der Waals surface area contributed by atoms with Crippen molar-refractivity contribution in [2.75, 3.05) is 13.2 Å². The van der Waals surface area contributed by atoms with Gasteiger partial charge in [0.2, 0.25) is 0 Å². The van der Waals surface area contributed by atoms with Crippen LogP contribution in [0, 0.1) is 10.1 Å². The second kappa shape index (κ2) is 6.41. The van der Waals surface area contributed by atoms with Crippen molar-refractivity contribution in [3.8, 4) is 0 Å². The molecule has 1 saturated carbocycles. The van der Waals surface area contributed by atoms with Crippen LogP contribution >= 0.6 is 0 Å². The predicted molar refractivity (Wildman–Crippen MR) is 78.4 cm³/mol. The molecule has 0 unspecified atom stereocenters. The van der Waals surface area contributed by atoms with Gasteiger partial charge in [-0.1, -0.05) is 17.3 Å². The van der Waals surface area contributed by atoms with E-state index in [0.29, 0.717) is 13.2 Å². The molecule has 1 spiro atoms. The van der Waals surface area contributed by atoms with Crippen LogP contribution in [0.25, 0.3) is 0 Å². The smallest absolute Gasteiger partial charge is 0.269 e. The molecule has 0 radical (unpaired) electrons. The molecule has 118 valence electrons. The topological polar surface area (TPSA) is 83.2 Å². The lowest BCUT2D eigenvalue weighted by molar-refractivity contribution is -0.384. The Morgan fingerprint density at radius 1 is 1.27 bits per heavy atom. The lowest BCUT2D eigenvalue weighted by Gasteiger charge is -2.31. The van der Waals surface area contributed by atoms with Gasteiger partial charge in [-0.2, -0.15) is 0 Å². The lowest BCUT2D eigenvalue weighted by Crippen LogP contribution is -2.35. The van der Waals surface area contributed by atoms with Crippen LogP contribution < -0.4 is 0 Å². The molecule has 0 atom stereocenters. The quantitative estimate of drug-likeness (QED) is 0.631. The monoisotopic (exact) mass is 306 g/mol. The van der Waals surface area contributed by atoms with Crippen molar-refractivity contribution in [3.05, 3.63) is 39.9 Å². The predicted octanol–water partition coefficient (Wildman–Crippen LogP) is 2.78. The third-order valence-corrected chi connectivity index (χ3v) is 3.95. The first kappa shape index (κ1) is 14.9. The van der Waals surface area contributed by atoms with Gasteiger partial charge in [0.25, 0.3) is 5.69 Å². The molecule has 0 aromatic heterocycles. The number of oxime groups is 1. The second-order valence-corrected chi connectivity index (χ2v) is 5.47. The van der Waals surface area contributed by atoms with Crippen molar-refractivity contribution < 1.29 is 19.2 Å². The summed E-state index contributed by atoms with van der Waals surface area (Å²) >= 11 is 0. The fourth-order valence-electron chi connectivity index (χ4n) is 2.75. The molecule has 2 fully saturated rings. The third kappa shape index (κ3) is 3.42. The van der Waals surface area contributed by atoms with Gasteiger partial charge >= 0.3 is 0 Å². The number of non-ortho nitro benzene ring substituents is 1. The molecule has 1 aromatic carbocycles. The number of nitro benzene ring substituents is 1. The van der Waals surface area contributed by atoms with Crippen LogP contribution in [0.4, 0.5) is 5.69 Å². The van der Waals surface area contributed by atoms with Gasteiger partial charge in [-0.25, -0.2) is 0 Å². The van der Waals surface area contributed by atoms with Crippen LogP contribution in [0.2, 0.25) is 0 Å². The normalized spacial score (nSPS) is 20.1. The minimum Gasteiger partial charge on any atom is -0.391 e. The summed E-state index contributed by atoms with van der Waals surface area (Å²) in [4.78, 5) is 15.6. The highest BCUT2D eigenvalue weighted by atomic mass is 16.7. The van der Waals surface area contributed by atoms with Gasteiger partial charge < -0.3 is 14.3 Å². The maximum atomic E-state index is 10.7. The number of nitrogens with zero attached hydrogens (tertiary/aromatic N) is 2. The van der Waals surface area contributed by atoms with Gasteiger partial charge in [0.05, 0.1) is 23.8 Å². The third-order valence-electron chi connectivity index (χ3n) is 3.95. The number of nitro groups is 1. The Morgan fingerprint density at radius 3 is 2.68 bits per heavy atom. The van der Waals surface area contributed by atoms with E-state index in [4.69, 9.17) is 14.3 Å². The van der Waals surface area contributed by atoms with Gasteiger partial charge in [0.15, 0.2) is 5.79 Å². The van der Waals surface area contributed by atoms with Gasteiger partial charge in [0.1, 0.15) is 6.61 Å². The van der Waals surface area contributed by atoms with E-state index in [1.807, 2.05) is 0 Å². The number of ether oxygens (including phenoxy) is 2. The second-order valence-electron chi connectivity index (χ2n) is 5.47. The summed E-state index contributed by atoms with van der Waals surface area (Å²) in [6.07, 6.45) is 3.17. The molecule has 0 bridgehead atoms. The molecule has 3 rings (SSSR count). The minimum atomic E-state index is -0.419. The van der Waals surface area contributed by atoms with Crippen molar-refractivity contribution in [2.24, 2.45) is 5.16 Å². The molecular formula is C15H18N2O5. The molecule has 1 aliphatic heterocycles. The SMILES string of the molecule is O=[N+]([O-])c1cccc(CON=C2CCC3(CC2)OCCO3)c1. The summed E-state index contributed by atoms with van der Waals surface area (Å²) in [5.41, 5.74) is 1.77. The van der Waals surface area contributed by atoms with Crippen molar-refractivity contribution in [1.29, 1.82) is 0 Å². The highest BCUT2D eigenvalue weighted by Gasteiger charge is 2.39. The first-order chi connectivity index (χ1) is 10.7. The minimum absolute atomic E-state index is 0.0592. The number of hydrogen-bond acceptors (Lipinski definition) is 6. The Morgan fingerprint density at radius 2 is 2.00 bits per heavy atom. The number of benzene rings is 1. The van der Waals surface area contributed by atoms with E-state index in [9.17, 15) is 10.1 Å². The van der Waals surface area contributed by atoms with Crippen molar-refractivity contribution in [1.82, 2.24) is 0 Å². The average Bonchev–Trinajstić information content (AvgIpc) is 2.98. The summed E-state index contributed by atoms with van der Waals surface area (Å²) in [5.74, 6) is -0.404. The van der Waals surface area contributed by atoms with E-state index in [1.54, 1.807) is 12.1 Å². The fourth-order valence-corrected chi connectivity index (χ4v) is 2.75. The van der Waals surface area contributed by atoms with E-state index >= 15 is 0 Å². The summed E-state index contributed by atoms with van der Waals surface area (Å²) in [6.45, 7) is 1.55. The molecule has 0 N–H and O–H groups in total. The van der Waals surface area contributed by atoms with Crippen molar-refractivity contribution >= 4 is 11.4 Å². The first-order valence-corrected chi connectivity index (χ1v) is 7.36. The zero-order valence-electron chi connectivity index (χ0n) is 12.2. The fraction of sp³-hybridized carbons (Fsp3) is 0.533. The molecule has 1 saturated heterocycles. The molecule has 7 nitrogen and oxygen atoms in total. The zero-order valence-corrected chi connectivity index (χ0v) is 12.2.